The van der Waals surface area contributed by atoms with E-state index in [2.05, 4.69) is 15.9 Å². The standard InChI is InChI=1S/C14H12BrF2N/c15-12-7-9(1-6-13(12)17)8-14(18)10-2-4-11(16)5-3-10/h1-7,14H,8,18H2. The van der Waals surface area contributed by atoms with Crippen LogP contribution in [-0.4, -0.2) is 0 Å². The van der Waals surface area contributed by atoms with Crippen molar-refractivity contribution in [1.29, 1.82) is 0 Å². The van der Waals surface area contributed by atoms with Crippen molar-refractivity contribution in [1.82, 2.24) is 0 Å². The summed E-state index contributed by atoms with van der Waals surface area (Å²) in [5.41, 5.74) is 7.82. The Morgan fingerprint density at radius 3 is 2.33 bits per heavy atom. The summed E-state index contributed by atoms with van der Waals surface area (Å²) in [6.07, 6.45) is 0.574. The molecule has 0 saturated heterocycles. The Morgan fingerprint density at radius 1 is 1.06 bits per heavy atom. The quantitative estimate of drug-likeness (QED) is 0.912. The van der Waals surface area contributed by atoms with E-state index in [0.717, 1.165) is 11.1 Å². The second-order valence-corrected chi connectivity index (χ2v) is 4.96. The van der Waals surface area contributed by atoms with Gasteiger partial charge in [0.05, 0.1) is 4.47 Å². The highest BCUT2D eigenvalue weighted by atomic mass is 79.9. The molecule has 0 aliphatic heterocycles. The van der Waals surface area contributed by atoms with Crippen LogP contribution in [0.5, 0.6) is 0 Å². The van der Waals surface area contributed by atoms with Crippen molar-refractivity contribution in [2.24, 2.45) is 5.73 Å². The van der Waals surface area contributed by atoms with Crippen LogP contribution in [0.1, 0.15) is 17.2 Å². The van der Waals surface area contributed by atoms with Crippen LogP contribution in [0.4, 0.5) is 8.78 Å². The molecule has 2 aromatic carbocycles. The molecular weight excluding hydrogens is 300 g/mol. The third-order valence-electron chi connectivity index (χ3n) is 2.74. The molecule has 0 spiro atoms. The van der Waals surface area contributed by atoms with E-state index in [1.54, 1.807) is 24.3 Å². The third-order valence-corrected chi connectivity index (χ3v) is 3.35. The Kier molecular flexibility index (Phi) is 4.09. The van der Waals surface area contributed by atoms with E-state index in [4.69, 9.17) is 5.73 Å². The van der Waals surface area contributed by atoms with E-state index in [1.807, 2.05) is 0 Å². The first kappa shape index (κ1) is 13.2. The topological polar surface area (TPSA) is 26.0 Å². The molecule has 0 heterocycles. The summed E-state index contributed by atoms with van der Waals surface area (Å²) in [5, 5.41) is 0. The summed E-state index contributed by atoms with van der Waals surface area (Å²) in [7, 11) is 0. The average molecular weight is 312 g/mol. The van der Waals surface area contributed by atoms with E-state index >= 15 is 0 Å². The lowest BCUT2D eigenvalue weighted by atomic mass is 10.00. The van der Waals surface area contributed by atoms with Crippen LogP contribution in [0.2, 0.25) is 0 Å². The second kappa shape index (κ2) is 5.59. The number of halogens is 3. The maximum Gasteiger partial charge on any atom is 0.137 e. The van der Waals surface area contributed by atoms with Gasteiger partial charge in [-0.25, -0.2) is 8.78 Å². The first-order chi connectivity index (χ1) is 8.56. The summed E-state index contributed by atoms with van der Waals surface area (Å²) < 4.78 is 26.3. The molecule has 1 atom stereocenters. The SMILES string of the molecule is NC(Cc1ccc(F)c(Br)c1)c1ccc(F)cc1. The van der Waals surface area contributed by atoms with Gasteiger partial charge in [-0.1, -0.05) is 18.2 Å². The Hall–Kier alpha value is -1.26. The highest BCUT2D eigenvalue weighted by Crippen LogP contribution is 2.21. The highest BCUT2D eigenvalue weighted by molar-refractivity contribution is 9.10. The summed E-state index contributed by atoms with van der Waals surface area (Å²) in [5.74, 6) is -0.579. The first-order valence-corrected chi connectivity index (χ1v) is 6.30. The fraction of sp³-hybridized carbons (Fsp3) is 0.143. The molecular formula is C14H12BrF2N. The van der Waals surface area contributed by atoms with Gasteiger partial charge in [-0.15, -0.1) is 0 Å². The Bertz CT molecular complexity index is 540. The molecule has 2 aromatic rings. The van der Waals surface area contributed by atoms with Crippen molar-refractivity contribution in [2.75, 3.05) is 0 Å². The first-order valence-electron chi connectivity index (χ1n) is 5.51. The van der Waals surface area contributed by atoms with Crippen molar-refractivity contribution in [3.05, 3.63) is 69.7 Å². The minimum atomic E-state index is -0.297. The van der Waals surface area contributed by atoms with Gasteiger partial charge in [-0.05, 0) is 57.7 Å². The number of hydrogen-bond donors (Lipinski definition) is 1. The van der Waals surface area contributed by atoms with Gasteiger partial charge in [0.15, 0.2) is 0 Å². The molecule has 18 heavy (non-hydrogen) atoms. The van der Waals surface area contributed by atoms with E-state index < -0.39 is 0 Å². The van der Waals surface area contributed by atoms with Crippen LogP contribution < -0.4 is 5.73 Å². The predicted octanol–water partition coefficient (Wildman–Crippen LogP) is 3.97. The molecule has 0 radical (unpaired) electrons. The van der Waals surface area contributed by atoms with Gasteiger partial charge in [0.25, 0.3) is 0 Å². The maximum absolute atomic E-state index is 13.1. The van der Waals surface area contributed by atoms with E-state index in [-0.39, 0.29) is 17.7 Å². The lowest BCUT2D eigenvalue weighted by Crippen LogP contribution is -2.13. The average Bonchev–Trinajstić information content (AvgIpc) is 2.34. The van der Waals surface area contributed by atoms with Gasteiger partial charge in [-0.3, -0.25) is 0 Å². The second-order valence-electron chi connectivity index (χ2n) is 4.11. The van der Waals surface area contributed by atoms with Crippen molar-refractivity contribution in [3.8, 4) is 0 Å². The third kappa shape index (κ3) is 3.15. The van der Waals surface area contributed by atoms with Gasteiger partial charge < -0.3 is 5.73 Å². The molecule has 0 aliphatic rings. The van der Waals surface area contributed by atoms with Crippen LogP contribution in [-0.2, 0) is 6.42 Å². The van der Waals surface area contributed by atoms with Gasteiger partial charge >= 0.3 is 0 Å². The molecule has 0 bridgehead atoms. The zero-order chi connectivity index (χ0) is 13.1. The van der Waals surface area contributed by atoms with E-state index in [1.165, 1.54) is 18.2 Å². The van der Waals surface area contributed by atoms with Crippen LogP contribution in [0.3, 0.4) is 0 Å². The molecule has 1 nitrogen and oxygen atoms in total. The number of rotatable bonds is 3. The minimum Gasteiger partial charge on any atom is -0.324 e. The van der Waals surface area contributed by atoms with Crippen LogP contribution in [0.25, 0.3) is 0 Å². The van der Waals surface area contributed by atoms with Crippen molar-refractivity contribution < 1.29 is 8.78 Å². The van der Waals surface area contributed by atoms with Crippen LogP contribution in [0.15, 0.2) is 46.9 Å². The fourth-order valence-electron chi connectivity index (χ4n) is 1.75. The monoisotopic (exact) mass is 311 g/mol. The molecule has 0 saturated carbocycles. The summed E-state index contributed by atoms with van der Waals surface area (Å²) >= 11 is 3.14. The molecule has 4 heteroatoms. The zero-order valence-corrected chi connectivity index (χ0v) is 11.1. The Labute approximate surface area is 113 Å². The molecule has 0 aromatic heterocycles. The zero-order valence-electron chi connectivity index (χ0n) is 9.54. The minimum absolute atomic E-state index is 0.233. The lowest BCUT2D eigenvalue weighted by molar-refractivity contribution is 0.617. The number of hydrogen-bond acceptors (Lipinski definition) is 1. The van der Waals surface area contributed by atoms with Gasteiger partial charge in [0.1, 0.15) is 11.6 Å². The predicted molar refractivity (Wildman–Crippen MR) is 71.1 cm³/mol. The Balaban J connectivity index is 2.13. The molecule has 0 amide bonds. The summed E-state index contributed by atoms with van der Waals surface area (Å²) in [6, 6.07) is 10.7. The smallest absolute Gasteiger partial charge is 0.137 e. The molecule has 2 rings (SSSR count). The molecule has 1 unspecified atom stereocenters. The van der Waals surface area contributed by atoms with Crippen LogP contribution >= 0.6 is 15.9 Å². The number of nitrogens with two attached hydrogens (primary N) is 1. The van der Waals surface area contributed by atoms with Crippen molar-refractivity contribution >= 4 is 15.9 Å². The summed E-state index contributed by atoms with van der Waals surface area (Å²) in [6.45, 7) is 0. The van der Waals surface area contributed by atoms with Gasteiger partial charge in [-0.2, -0.15) is 0 Å². The van der Waals surface area contributed by atoms with Gasteiger partial charge in [0, 0.05) is 6.04 Å². The van der Waals surface area contributed by atoms with Crippen LogP contribution in [0, 0.1) is 11.6 Å². The molecule has 2 N–H and O–H groups in total. The lowest BCUT2D eigenvalue weighted by Gasteiger charge is -2.12. The molecule has 0 aliphatic carbocycles. The van der Waals surface area contributed by atoms with Crippen molar-refractivity contribution in [3.63, 3.8) is 0 Å². The number of benzene rings is 2. The molecule has 0 fully saturated rings. The van der Waals surface area contributed by atoms with Gasteiger partial charge in [0.2, 0.25) is 0 Å². The normalized spacial score (nSPS) is 12.4. The highest BCUT2D eigenvalue weighted by Gasteiger charge is 2.08. The largest absolute Gasteiger partial charge is 0.324 e. The molecule has 94 valence electrons. The summed E-state index contributed by atoms with van der Waals surface area (Å²) in [4.78, 5) is 0. The Morgan fingerprint density at radius 2 is 1.72 bits per heavy atom. The van der Waals surface area contributed by atoms with E-state index in [9.17, 15) is 8.78 Å². The fourth-order valence-corrected chi connectivity index (χ4v) is 2.17. The van der Waals surface area contributed by atoms with Crippen molar-refractivity contribution in [2.45, 2.75) is 12.5 Å². The maximum atomic E-state index is 13.1. The van der Waals surface area contributed by atoms with E-state index in [0.29, 0.717) is 10.9 Å².